The Bertz CT molecular complexity index is 506. The van der Waals surface area contributed by atoms with Crippen LogP contribution in [0.3, 0.4) is 0 Å². The molecular formula is C12H15NO7. The number of carbonyl (C=O) groups is 2. The Labute approximate surface area is 114 Å². The number of nitrogens with one attached hydrogen (secondary N) is 1. The number of rotatable bonds is 4. The Morgan fingerprint density at radius 3 is 2.55 bits per heavy atom. The van der Waals surface area contributed by atoms with Crippen LogP contribution in [0.5, 0.6) is 0 Å². The fourth-order valence-electron chi connectivity index (χ4n) is 2.10. The summed E-state index contributed by atoms with van der Waals surface area (Å²) in [5, 5.41) is 40.4. The van der Waals surface area contributed by atoms with Gasteiger partial charge in [0, 0.05) is 0 Å². The number of morpholine rings is 1. The number of aliphatic hydroxyl groups excluding tert-OH is 2. The maximum Gasteiger partial charge on any atom is 0.307 e. The first-order valence-electron chi connectivity index (χ1n) is 5.91. The molecule has 0 spiro atoms. The normalized spacial score (nSPS) is 28.1. The van der Waals surface area contributed by atoms with Gasteiger partial charge < -0.3 is 30.5 Å². The quantitative estimate of drug-likeness (QED) is 0.396. The monoisotopic (exact) mass is 285 g/mol. The van der Waals surface area contributed by atoms with E-state index in [1.807, 2.05) is 0 Å². The molecule has 0 aromatic heterocycles. The van der Waals surface area contributed by atoms with Crippen molar-refractivity contribution in [3.8, 4) is 0 Å². The standard InChI is InChI=1S/C12H15NO7/c14-4-11(5-15)6-20-12(19)8(16)2-1-7(3-9(17)18)10(12)13-11/h1-2,13-15,19H,3-6H2,(H,17,18). The molecule has 0 radical (unpaired) electrons. The summed E-state index contributed by atoms with van der Waals surface area (Å²) in [6, 6.07) is 0. The van der Waals surface area contributed by atoms with E-state index < -0.39 is 42.7 Å². The molecule has 1 fully saturated rings. The molecule has 20 heavy (non-hydrogen) atoms. The van der Waals surface area contributed by atoms with E-state index in [4.69, 9.17) is 9.84 Å². The van der Waals surface area contributed by atoms with Gasteiger partial charge in [-0.05, 0) is 11.6 Å². The summed E-state index contributed by atoms with van der Waals surface area (Å²) in [5.74, 6) is -4.20. The predicted molar refractivity (Wildman–Crippen MR) is 64.4 cm³/mol. The van der Waals surface area contributed by atoms with Crippen LogP contribution in [-0.4, -0.2) is 63.3 Å². The zero-order valence-corrected chi connectivity index (χ0v) is 10.5. The summed E-state index contributed by atoms with van der Waals surface area (Å²) >= 11 is 0. The van der Waals surface area contributed by atoms with Crippen LogP contribution in [0.4, 0.5) is 0 Å². The van der Waals surface area contributed by atoms with E-state index in [0.717, 1.165) is 6.08 Å². The number of aliphatic carboxylic acids is 1. The number of fused-ring (bicyclic) bond motifs is 1. The van der Waals surface area contributed by atoms with Gasteiger partial charge in [0.05, 0.1) is 31.9 Å². The predicted octanol–water partition coefficient (Wildman–Crippen LogP) is -2.11. The number of carboxylic acid groups (broad SMARTS) is 1. The maximum atomic E-state index is 11.8. The number of hydrogen-bond acceptors (Lipinski definition) is 7. The van der Waals surface area contributed by atoms with E-state index in [2.05, 4.69) is 5.32 Å². The van der Waals surface area contributed by atoms with Crippen molar-refractivity contribution in [2.75, 3.05) is 19.8 Å². The van der Waals surface area contributed by atoms with E-state index in [1.165, 1.54) is 6.08 Å². The van der Waals surface area contributed by atoms with Crippen molar-refractivity contribution >= 4 is 11.8 Å². The largest absolute Gasteiger partial charge is 0.481 e. The van der Waals surface area contributed by atoms with Crippen LogP contribution >= 0.6 is 0 Å². The molecule has 1 aliphatic carbocycles. The molecule has 5 N–H and O–H groups in total. The van der Waals surface area contributed by atoms with Gasteiger partial charge in [0.15, 0.2) is 0 Å². The number of hydrogen-bond donors (Lipinski definition) is 5. The summed E-state index contributed by atoms with van der Waals surface area (Å²) in [6.07, 6.45) is 1.86. The lowest BCUT2D eigenvalue weighted by molar-refractivity contribution is -0.212. The first kappa shape index (κ1) is 14.7. The first-order chi connectivity index (χ1) is 9.37. The molecule has 0 amide bonds. The summed E-state index contributed by atoms with van der Waals surface area (Å²) in [6.45, 7) is -1.33. The van der Waals surface area contributed by atoms with Gasteiger partial charge in [-0.1, -0.05) is 6.08 Å². The topological polar surface area (TPSA) is 136 Å². The van der Waals surface area contributed by atoms with Crippen LogP contribution in [0.15, 0.2) is 23.4 Å². The molecule has 1 aliphatic heterocycles. The summed E-state index contributed by atoms with van der Waals surface area (Å²) in [7, 11) is 0. The second-order valence-electron chi connectivity index (χ2n) is 4.82. The third kappa shape index (κ3) is 2.22. The Balaban J connectivity index is 2.46. The highest BCUT2D eigenvalue weighted by Gasteiger charge is 2.51. The average Bonchev–Trinajstić information content (AvgIpc) is 2.43. The molecule has 8 nitrogen and oxygen atoms in total. The molecule has 0 aromatic carbocycles. The van der Waals surface area contributed by atoms with Gasteiger partial charge in [0.1, 0.15) is 5.54 Å². The Morgan fingerprint density at radius 1 is 1.35 bits per heavy atom. The lowest BCUT2D eigenvalue weighted by atomic mass is 9.89. The molecule has 2 aliphatic rings. The minimum absolute atomic E-state index is 0.144. The third-order valence-electron chi connectivity index (χ3n) is 3.32. The minimum Gasteiger partial charge on any atom is -0.481 e. The van der Waals surface area contributed by atoms with E-state index in [1.54, 1.807) is 0 Å². The highest BCUT2D eigenvalue weighted by atomic mass is 16.6. The average molecular weight is 285 g/mol. The lowest BCUT2D eigenvalue weighted by Gasteiger charge is -2.45. The van der Waals surface area contributed by atoms with Crippen LogP contribution in [0.1, 0.15) is 6.42 Å². The van der Waals surface area contributed by atoms with Crippen molar-refractivity contribution in [3.05, 3.63) is 23.4 Å². The van der Waals surface area contributed by atoms with Gasteiger partial charge in [-0.3, -0.25) is 9.59 Å². The second-order valence-corrected chi connectivity index (χ2v) is 4.82. The van der Waals surface area contributed by atoms with Crippen molar-refractivity contribution in [1.82, 2.24) is 5.32 Å². The summed E-state index contributed by atoms with van der Waals surface area (Å²) < 4.78 is 5.11. The van der Waals surface area contributed by atoms with E-state index in [0.29, 0.717) is 0 Å². The Morgan fingerprint density at radius 2 is 2.00 bits per heavy atom. The van der Waals surface area contributed by atoms with Crippen molar-refractivity contribution in [2.24, 2.45) is 0 Å². The zero-order chi connectivity index (χ0) is 15.0. The summed E-state index contributed by atoms with van der Waals surface area (Å²) in [4.78, 5) is 22.6. The fraction of sp³-hybridized carbons (Fsp3) is 0.500. The smallest absolute Gasteiger partial charge is 0.307 e. The van der Waals surface area contributed by atoms with Crippen LogP contribution in [-0.2, 0) is 14.3 Å². The molecule has 1 atom stereocenters. The van der Waals surface area contributed by atoms with Gasteiger partial charge in [-0.15, -0.1) is 0 Å². The van der Waals surface area contributed by atoms with Crippen LogP contribution in [0.2, 0.25) is 0 Å². The fourth-order valence-corrected chi connectivity index (χ4v) is 2.10. The molecule has 110 valence electrons. The van der Waals surface area contributed by atoms with Gasteiger partial charge in [-0.25, -0.2) is 0 Å². The van der Waals surface area contributed by atoms with Crippen LogP contribution in [0.25, 0.3) is 0 Å². The molecule has 0 bridgehead atoms. The van der Waals surface area contributed by atoms with Gasteiger partial charge in [0.25, 0.3) is 5.79 Å². The van der Waals surface area contributed by atoms with Gasteiger partial charge in [-0.2, -0.15) is 0 Å². The SMILES string of the molecule is O=C(O)CC1=C2NC(CO)(CO)COC2(O)C(=O)C=C1. The number of aliphatic hydroxyl groups is 3. The van der Waals surface area contributed by atoms with Crippen molar-refractivity contribution < 1.29 is 34.8 Å². The van der Waals surface area contributed by atoms with Gasteiger partial charge in [0.2, 0.25) is 5.78 Å². The number of carbonyl (C=O) groups excluding carboxylic acids is 1. The first-order valence-corrected chi connectivity index (χ1v) is 5.91. The maximum absolute atomic E-state index is 11.8. The van der Waals surface area contributed by atoms with Crippen molar-refractivity contribution in [2.45, 2.75) is 17.7 Å². The molecule has 0 aromatic rings. The van der Waals surface area contributed by atoms with E-state index in [9.17, 15) is 24.9 Å². The second kappa shape index (κ2) is 4.98. The molecule has 2 rings (SSSR count). The van der Waals surface area contributed by atoms with Crippen LogP contribution in [0, 0.1) is 0 Å². The Kier molecular flexibility index (Phi) is 3.65. The van der Waals surface area contributed by atoms with E-state index in [-0.39, 0.29) is 17.9 Å². The van der Waals surface area contributed by atoms with Crippen molar-refractivity contribution in [1.29, 1.82) is 0 Å². The molecule has 8 heteroatoms. The minimum atomic E-state index is -2.30. The molecule has 1 saturated heterocycles. The number of carboxylic acids is 1. The third-order valence-corrected chi connectivity index (χ3v) is 3.32. The number of ketones is 1. The zero-order valence-electron chi connectivity index (χ0n) is 10.5. The van der Waals surface area contributed by atoms with Gasteiger partial charge >= 0.3 is 5.97 Å². The van der Waals surface area contributed by atoms with Crippen LogP contribution < -0.4 is 5.32 Å². The molecule has 1 heterocycles. The lowest BCUT2D eigenvalue weighted by Crippen LogP contribution is -2.67. The summed E-state index contributed by atoms with van der Waals surface area (Å²) in [5.41, 5.74) is -1.29. The molecular weight excluding hydrogens is 270 g/mol. The Hall–Kier alpha value is -1.74. The van der Waals surface area contributed by atoms with E-state index >= 15 is 0 Å². The number of ether oxygens (including phenoxy) is 1. The molecule has 0 saturated carbocycles. The highest BCUT2D eigenvalue weighted by Crippen LogP contribution is 2.34. The van der Waals surface area contributed by atoms with Crippen molar-refractivity contribution in [3.63, 3.8) is 0 Å². The highest BCUT2D eigenvalue weighted by molar-refractivity contribution is 6.00. The number of allylic oxidation sites excluding steroid dienone is 1. The molecule has 1 unspecified atom stereocenters.